The van der Waals surface area contributed by atoms with E-state index in [1.807, 2.05) is 30.0 Å². The number of nitrogens with one attached hydrogen (secondary N) is 3. The number of amides is 2. The number of piperazine rings is 1. The number of carbonyl (C=O) groups is 1. The van der Waals surface area contributed by atoms with Crippen molar-refractivity contribution in [3.63, 3.8) is 0 Å². The van der Waals surface area contributed by atoms with Crippen molar-refractivity contribution in [3.05, 3.63) is 81.9 Å². The van der Waals surface area contributed by atoms with Crippen molar-refractivity contribution in [2.45, 2.75) is 63.5 Å². The molecule has 0 radical (unpaired) electrons. The number of aromatic nitrogens is 4. The second-order valence-corrected chi connectivity index (χ2v) is 16.9. The smallest absolute Gasteiger partial charge is 0.417 e. The summed E-state index contributed by atoms with van der Waals surface area (Å²) in [5.74, 6) is 5.90. The Morgan fingerprint density at radius 2 is 1.70 bits per heavy atom. The van der Waals surface area contributed by atoms with Crippen molar-refractivity contribution in [2.75, 3.05) is 87.0 Å². The number of alkyl halides is 3. The zero-order valence-electron chi connectivity index (χ0n) is 36.5. The van der Waals surface area contributed by atoms with E-state index in [1.165, 1.54) is 23.9 Å². The van der Waals surface area contributed by atoms with Gasteiger partial charge in [0, 0.05) is 78.2 Å². The number of fused-ring (bicyclic) bond motifs is 2. The topological polar surface area (TPSA) is 182 Å². The van der Waals surface area contributed by atoms with Gasteiger partial charge in [-0.3, -0.25) is 14.7 Å². The molecule has 4 aliphatic heterocycles. The number of ether oxygens (including phenoxy) is 2. The number of hydrogen-bond donors (Lipinski definition) is 3. The number of rotatable bonds is 12. The first-order valence-electron chi connectivity index (χ1n) is 21.5. The highest BCUT2D eigenvalue weighted by Crippen LogP contribution is 2.44. The number of nitrogens with zero attached hydrogens (tertiary/aromatic N) is 9. The molecule has 3 fully saturated rings. The molecule has 1 unspecified atom stereocenters. The largest absolute Gasteiger partial charge is 0.475 e. The summed E-state index contributed by atoms with van der Waals surface area (Å²) in [6.45, 7) is 8.32. The zero-order valence-corrected chi connectivity index (χ0v) is 37.2. The molecule has 4 aliphatic rings. The molecule has 1 aromatic carbocycles. The van der Waals surface area contributed by atoms with Gasteiger partial charge in [0.2, 0.25) is 11.7 Å². The predicted octanol–water partition coefficient (Wildman–Crippen LogP) is 4.92. The van der Waals surface area contributed by atoms with Crippen LogP contribution in [0.4, 0.5) is 40.7 Å². The average Bonchev–Trinajstić information content (AvgIpc) is 3.83. The highest BCUT2D eigenvalue weighted by molar-refractivity contribution is 6.29. The number of halogens is 4. The number of hydrogen-bond acceptors (Lipinski definition) is 15. The second kappa shape index (κ2) is 19.7. The molecular weight excluding hydrogens is 885 g/mol. The molecular formula is C44H48ClF3N12O6. The number of benzene rings is 1. The van der Waals surface area contributed by atoms with Crippen LogP contribution in [0.1, 0.15) is 55.5 Å². The Kier molecular flexibility index (Phi) is 13.8. The quantitative estimate of drug-likeness (QED) is 0.163. The first-order chi connectivity index (χ1) is 31.8. The van der Waals surface area contributed by atoms with Crippen molar-refractivity contribution in [1.29, 1.82) is 0 Å². The predicted molar refractivity (Wildman–Crippen MR) is 238 cm³/mol. The van der Waals surface area contributed by atoms with Gasteiger partial charge in [0.1, 0.15) is 35.6 Å². The van der Waals surface area contributed by atoms with Crippen LogP contribution in [0.5, 0.6) is 5.88 Å². The van der Waals surface area contributed by atoms with Gasteiger partial charge < -0.3 is 35.2 Å². The van der Waals surface area contributed by atoms with E-state index in [2.05, 4.69) is 51.8 Å². The maximum absolute atomic E-state index is 13.8. The molecule has 4 aromatic rings. The van der Waals surface area contributed by atoms with Gasteiger partial charge >= 0.3 is 12.2 Å². The summed E-state index contributed by atoms with van der Waals surface area (Å²) in [5, 5.41) is 12.3. The third-order valence-corrected chi connectivity index (χ3v) is 12.8. The van der Waals surface area contributed by atoms with E-state index in [4.69, 9.17) is 21.1 Å². The minimum atomic E-state index is -4.71. The van der Waals surface area contributed by atoms with Crippen molar-refractivity contribution < 1.29 is 41.8 Å². The summed E-state index contributed by atoms with van der Waals surface area (Å²) >= 11 is 6.09. The summed E-state index contributed by atoms with van der Waals surface area (Å²) in [5.41, 5.74) is 2.86. The monoisotopic (exact) mass is 932 g/mol. The SMILES string of the molecule is CO[C@@H](C)c1c(NC(=O)Nc2cc(C(F)(F)F)cnc2OCCN2CCC(N3CCN(Cc4ccc5c(c4)N(C)C(=C=O)N5C4CCC(=C=O)NC4=C=O)CC3)CC2)cnc2cc(Cl)nn12. The van der Waals surface area contributed by atoms with Gasteiger partial charge in [-0.05, 0) is 63.0 Å². The summed E-state index contributed by atoms with van der Waals surface area (Å²) in [7, 11) is 3.27. The minimum Gasteiger partial charge on any atom is -0.475 e. The van der Waals surface area contributed by atoms with Crippen molar-refractivity contribution >= 4 is 63.9 Å². The normalized spacial score (nSPS) is 19.3. The Morgan fingerprint density at radius 3 is 2.39 bits per heavy atom. The minimum absolute atomic E-state index is 0.131. The fraction of sp³-hybridized carbons (Fsp3) is 0.455. The third kappa shape index (κ3) is 9.79. The fourth-order valence-corrected chi connectivity index (χ4v) is 9.23. The number of anilines is 4. The number of urea groups is 1. The first kappa shape index (κ1) is 46.3. The lowest BCUT2D eigenvalue weighted by Crippen LogP contribution is -2.53. The van der Waals surface area contributed by atoms with E-state index in [-0.39, 0.29) is 46.2 Å². The van der Waals surface area contributed by atoms with Crippen LogP contribution in [0.25, 0.3) is 5.65 Å². The summed E-state index contributed by atoms with van der Waals surface area (Å²) in [4.78, 5) is 67.5. The summed E-state index contributed by atoms with van der Waals surface area (Å²) in [6.07, 6.45) is -0.513. The number of pyridine rings is 1. The Morgan fingerprint density at radius 1 is 0.939 bits per heavy atom. The molecule has 0 spiro atoms. The molecule has 2 atom stereocenters. The van der Waals surface area contributed by atoms with Crippen LogP contribution in [0.2, 0.25) is 5.15 Å². The summed E-state index contributed by atoms with van der Waals surface area (Å²) in [6, 6.07) is 7.43. The molecule has 22 heteroatoms. The second-order valence-electron chi connectivity index (χ2n) is 16.5. The van der Waals surface area contributed by atoms with E-state index >= 15 is 0 Å². The summed E-state index contributed by atoms with van der Waals surface area (Å²) < 4.78 is 54.1. The van der Waals surface area contributed by atoms with Gasteiger partial charge in [-0.2, -0.15) is 18.3 Å². The van der Waals surface area contributed by atoms with E-state index in [9.17, 15) is 32.3 Å². The van der Waals surface area contributed by atoms with Crippen LogP contribution in [0, 0.1) is 0 Å². The molecule has 348 valence electrons. The molecule has 0 saturated carbocycles. The zero-order chi connectivity index (χ0) is 46.7. The number of methoxy groups -OCH3 is 1. The van der Waals surface area contributed by atoms with E-state index in [0.717, 1.165) is 81.7 Å². The lowest BCUT2D eigenvalue weighted by atomic mass is 9.99. The molecule has 0 bridgehead atoms. The van der Waals surface area contributed by atoms with Gasteiger partial charge in [0.15, 0.2) is 16.7 Å². The molecule has 3 saturated heterocycles. The molecule has 8 rings (SSSR count). The highest BCUT2D eigenvalue weighted by atomic mass is 35.5. The van der Waals surface area contributed by atoms with E-state index in [0.29, 0.717) is 43.0 Å². The number of piperidine rings is 2. The van der Waals surface area contributed by atoms with Crippen LogP contribution in [-0.2, 0) is 31.8 Å². The molecule has 0 aliphatic carbocycles. The van der Waals surface area contributed by atoms with Crippen LogP contribution in [0.15, 0.2) is 59.9 Å². The van der Waals surface area contributed by atoms with Crippen LogP contribution < -0.4 is 30.5 Å². The van der Waals surface area contributed by atoms with Crippen molar-refractivity contribution in [2.24, 2.45) is 0 Å². The molecule has 18 nitrogen and oxygen atoms in total. The van der Waals surface area contributed by atoms with Crippen LogP contribution in [0.3, 0.4) is 0 Å². The Hall–Kier alpha value is -6.27. The molecule has 66 heavy (non-hydrogen) atoms. The average molecular weight is 933 g/mol. The van der Waals surface area contributed by atoms with Crippen LogP contribution >= 0.6 is 11.6 Å². The lowest BCUT2D eigenvalue weighted by molar-refractivity contribution is -0.137. The van der Waals surface area contributed by atoms with Gasteiger partial charge in [-0.25, -0.2) is 33.7 Å². The lowest BCUT2D eigenvalue weighted by Gasteiger charge is -2.42. The Labute approximate surface area is 382 Å². The van der Waals surface area contributed by atoms with Gasteiger partial charge in [-0.1, -0.05) is 17.7 Å². The highest BCUT2D eigenvalue weighted by Gasteiger charge is 2.40. The molecule has 3 N–H and O–H groups in total. The maximum Gasteiger partial charge on any atom is 0.417 e. The Balaban J connectivity index is 0.819. The molecule has 3 aromatic heterocycles. The van der Waals surface area contributed by atoms with Crippen molar-refractivity contribution in [1.82, 2.24) is 39.6 Å². The fourth-order valence-electron chi connectivity index (χ4n) is 9.06. The van der Waals surface area contributed by atoms with Crippen molar-refractivity contribution in [3.8, 4) is 5.88 Å². The Bertz CT molecular complexity index is 2630. The molecule has 2 amide bonds. The van der Waals surface area contributed by atoms with Crippen LogP contribution in [-0.4, -0.2) is 137 Å². The number of allylic oxidation sites excluding steroid dienone is 1. The van der Waals surface area contributed by atoms with Gasteiger partial charge in [-0.15, -0.1) is 0 Å². The number of carbonyl (C=O) groups excluding carboxylic acids is 4. The van der Waals surface area contributed by atoms with E-state index < -0.39 is 29.9 Å². The molecule has 7 heterocycles. The maximum atomic E-state index is 13.8. The van der Waals surface area contributed by atoms with Gasteiger partial charge in [0.25, 0.3) is 0 Å². The van der Waals surface area contributed by atoms with E-state index in [1.54, 1.807) is 23.8 Å². The number of likely N-dealkylation sites (tertiary alicyclic amines) is 1. The first-order valence-corrected chi connectivity index (χ1v) is 21.9. The standard InChI is InChI=1S/C44H48ClF3N12O6/c1-27(65-3)41-33(22-49-39-20-38(45)54-60(39)41)53-43(64)52-32-19-29(44(46,47)48)21-50-42(32)66-17-16-56-10-8-31(9-11-56)58-14-12-57(13-15-58)23-28-4-6-36-37(18-28)55(2)40(26-63)59(36)35-7-5-30(24-61)51-34(35)25-62/h4,6,18-22,27,31,35,51H,5,7-17,23H2,1-3H3,(H2,52,53,64)/t27-,35?/m0/s1. The van der Waals surface area contributed by atoms with Gasteiger partial charge in [0.05, 0.1) is 46.7 Å². The third-order valence-electron chi connectivity index (χ3n) is 12.6.